The molecule has 4 nitrogen and oxygen atoms in total. The van der Waals surface area contributed by atoms with Crippen molar-refractivity contribution >= 4 is 27.8 Å². The summed E-state index contributed by atoms with van der Waals surface area (Å²) in [5.74, 6) is -1.44. The minimum Gasteiger partial charge on any atom is -0.481 e. The molecule has 1 N–H and O–H groups in total. The maximum atomic E-state index is 13.2. The van der Waals surface area contributed by atoms with Crippen molar-refractivity contribution in [1.82, 2.24) is 4.90 Å². The number of hydrogen-bond acceptors (Lipinski definition) is 2. The molecule has 20 heavy (non-hydrogen) atoms. The van der Waals surface area contributed by atoms with Gasteiger partial charge in [-0.25, -0.2) is 4.39 Å². The van der Waals surface area contributed by atoms with Gasteiger partial charge in [-0.05, 0) is 36.6 Å². The van der Waals surface area contributed by atoms with Crippen LogP contribution in [0.1, 0.15) is 24.8 Å². The molecular formula is C14H15BrFNO3. The van der Waals surface area contributed by atoms with E-state index < -0.39 is 5.97 Å². The van der Waals surface area contributed by atoms with E-state index in [9.17, 15) is 14.0 Å². The van der Waals surface area contributed by atoms with E-state index in [0.29, 0.717) is 23.0 Å². The molecule has 0 saturated carbocycles. The number of rotatable bonds is 4. The van der Waals surface area contributed by atoms with Gasteiger partial charge in [-0.3, -0.25) is 9.59 Å². The summed E-state index contributed by atoms with van der Waals surface area (Å²) in [5, 5.41) is 8.85. The second-order valence-corrected chi connectivity index (χ2v) is 5.75. The van der Waals surface area contributed by atoms with Crippen LogP contribution in [0.3, 0.4) is 0 Å². The van der Waals surface area contributed by atoms with Crippen molar-refractivity contribution in [2.24, 2.45) is 0 Å². The van der Waals surface area contributed by atoms with Gasteiger partial charge in [-0.15, -0.1) is 0 Å². The summed E-state index contributed by atoms with van der Waals surface area (Å²) in [7, 11) is 0. The highest BCUT2D eigenvalue weighted by Gasteiger charge is 2.30. The predicted octanol–water partition coefficient (Wildman–Crippen LogP) is 2.60. The summed E-state index contributed by atoms with van der Waals surface area (Å²) >= 11 is 3.29. The van der Waals surface area contributed by atoms with E-state index in [1.165, 1.54) is 12.1 Å². The van der Waals surface area contributed by atoms with Crippen molar-refractivity contribution in [3.63, 3.8) is 0 Å². The molecule has 0 radical (unpaired) electrons. The van der Waals surface area contributed by atoms with Crippen LogP contribution >= 0.6 is 15.9 Å². The normalized spacial score (nSPS) is 18.3. The van der Waals surface area contributed by atoms with Gasteiger partial charge in [0.1, 0.15) is 5.82 Å². The Morgan fingerprint density at radius 3 is 2.90 bits per heavy atom. The van der Waals surface area contributed by atoms with Crippen molar-refractivity contribution in [2.75, 3.05) is 6.54 Å². The Morgan fingerprint density at radius 1 is 1.45 bits per heavy atom. The molecule has 1 unspecified atom stereocenters. The van der Waals surface area contributed by atoms with E-state index in [4.69, 9.17) is 5.11 Å². The first-order valence-corrected chi connectivity index (χ1v) is 7.22. The van der Waals surface area contributed by atoms with Crippen molar-refractivity contribution in [3.05, 3.63) is 34.1 Å². The van der Waals surface area contributed by atoms with Crippen molar-refractivity contribution in [1.29, 1.82) is 0 Å². The molecule has 1 amide bonds. The number of carboxylic acids is 1. The molecule has 108 valence electrons. The van der Waals surface area contributed by atoms with Crippen molar-refractivity contribution in [3.8, 4) is 0 Å². The fourth-order valence-electron chi connectivity index (χ4n) is 2.52. The Bertz CT molecular complexity index is 535. The molecular weight excluding hydrogens is 329 g/mol. The summed E-state index contributed by atoms with van der Waals surface area (Å²) in [6.07, 6.45) is 1.57. The van der Waals surface area contributed by atoms with Crippen molar-refractivity contribution in [2.45, 2.75) is 31.7 Å². The van der Waals surface area contributed by atoms with Gasteiger partial charge in [0.2, 0.25) is 5.91 Å². The molecule has 1 fully saturated rings. The average Bonchev–Trinajstić information content (AvgIpc) is 2.81. The number of carbonyl (C=O) groups is 2. The summed E-state index contributed by atoms with van der Waals surface area (Å²) < 4.78 is 13.9. The molecule has 1 aromatic carbocycles. The molecule has 1 atom stereocenters. The Balaban J connectivity index is 2.07. The summed E-state index contributed by atoms with van der Waals surface area (Å²) in [6.45, 7) is 0.573. The van der Waals surface area contributed by atoms with E-state index in [0.717, 1.165) is 6.42 Å². The first-order chi connectivity index (χ1) is 9.47. The molecule has 1 aromatic rings. The molecule has 1 saturated heterocycles. The van der Waals surface area contributed by atoms with Gasteiger partial charge >= 0.3 is 5.97 Å². The Labute approximate surface area is 124 Å². The van der Waals surface area contributed by atoms with Crippen LogP contribution in [0.4, 0.5) is 4.39 Å². The molecule has 0 aliphatic carbocycles. The van der Waals surface area contributed by atoms with Crippen LogP contribution in [0, 0.1) is 5.82 Å². The highest BCUT2D eigenvalue weighted by atomic mass is 79.9. The second-order valence-electron chi connectivity index (χ2n) is 4.89. The third-order valence-electron chi connectivity index (χ3n) is 3.46. The number of halogens is 2. The second kappa shape index (κ2) is 6.35. The van der Waals surface area contributed by atoms with E-state index in [1.807, 2.05) is 0 Å². The lowest BCUT2D eigenvalue weighted by Gasteiger charge is -2.23. The predicted molar refractivity (Wildman–Crippen MR) is 74.8 cm³/mol. The van der Waals surface area contributed by atoms with E-state index >= 15 is 0 Å². The number of likely N-dealkylation sites (tertiary alicyclic amines) is 1. The molecule has 0 aromatic heterocycles. The number of amides is 1. The highest BCUT2D eigenvalue weighted by molar-refractivity contribution is 9.10. The summed E-state index contributed by atoms with van der Waals surface area (Å²) in [6, 6.07) is 3.97. The third kappa shape index (κ3) is 3.56. The first kappa shape index (κ1) is 15.0. The zero-order chi connectivity index (χ0) is 14.7. The van der Waals surface area contributed by atoms with E-state index in [-0.39, 0.29) is 30.6 Å². The number of benzene rings is 1. The van der Waals surface area contributed by atoms with Gasteiger partial charge in [0.15, 0.2) is 0 Å². The Hall–Kier alpha value is -1.43. The van der Waals surface area contributed by atoms with Crippen LogP contribution in [-0.2, 0) is 16.0 Å². The molecule has 0 bridgehead atoms. The fourth-order valence-corrected chi connectivity index (χ4v) is 2.91. The molecule has 6 heteroatoms. The number of hydrogen-bond donors (Lipinski definition) is 1. The lowest BCUT2D eigenvalue weighted by Crippen LogP contribution is -2.37. The first-order valence-electron chi connectivity index (χ1n) is 6.42. The quantitative estimate of drug-likeness (QED) is 0.914. The molecule has 1 aliphatic rings. The SMILES string of the molecule is O=C(O)CC1CCCN1C(=O)Cc1cc(F)ccc1Br. The molecule has 0 spiro atoms. The smallest absolute Gasteiger partial charge is 0.305 e. The van der Waals surface area contributed by atoms with Gasteiger partial charge in [-0.1, -0.05) is 15.9 Å². The topological polar surface area (TPSA) is 57.6 Å². The van der Waals surface area contributed by atoms with Crippen LogP contribution in [-0.4, -0.2) is 34.5 Å². The van der Waals surface area contributed by atoms with Crippen LogP contribution < -0.4 is 0 Å². The van der Waals surface area contributed by atoms with Crippen LogP contribution in [0.15, 0.2) is 22.7 Å². The van der Waals surface area contributed by atoms with Gasteiger partial charge in [0.25, 0.3) is 0 Å². The average molecular weight is 344 g/mol. The standard InChI is InChI=1S/C14H15BrFNO3/c15-12-4-3-10(16)6-9(12)7-13(18)17-5-1-2-11(17)8-14(19)20/h3-4,6,11H,1-2,5,7-8H2,(H,19,20). The summed E-state index contributed by atoms with van der Waals surface area (Å²) in [5.41, 5.74) is 0.580. The van der Waals surface area contributed by atoms with Gasteiger partial charge < -0.3 is 10.0 Å². The molecule has 1 aliphatic heterocycles. The van der Waals surface area contributed by atoms with Crippen molar-refractivity contribution < 1.29 is 19.1 Å². The van der Waals surface area contributed by atoms with Crippen LogP contribution in [0.5, 0.6) is 0 Å². The van der Waals surface area contributed by atoms with E-state index in [1.54, 1.807) is 11.0 Å². The number of carboxylic acid groups (broad SMARTS) is 1. The van der Waals surface area contributed by atoms with Gasteiger partial charge in [-0.2, -0.15) is 0 Å². The molecule has 1 heterocycles. The fraction of sp³-hybridized carbons (Fsp3) is 0.429. The number of nitrogens with zero attached hydrogens (tertiary/aromatic N) is 1. The van der Waals surface area contributed by atoms with Crippen LogP contribution in [0.25, 0.3) is 0 Å². The lowest BCUT2D eigenvalue weighted by molar-refractivity contribution is -0.139. The minimum atomic E-state index is -0.901. The number of carbonyl (C=O) groups excluding carboxylic acids is 1. The number of aliphatic carboxylic acids is 1. The Kier molecular flexibility index (Phi) is 4.75. The monoisotopic (exact) mass is 343 g/mol. The minimum absolute atomic E-state index is 0.0317. The van der Waals surface area contributed by atoms with Gasteiger partial charge in [0.05, 0.1) is 12.8 Å². The highest BCUT2D eigenvalue weighted by Crippen LogP contribution is 2.24. The Morgan fingerprint density at radius 2 is 2.20 bits per heavy atom. The maximum Gasteiger partial charge on any atom is 0.305 e. The van der Waals surface area contributed by atoms with Gasteiger partial charge in [0, 0.05) is 17.1 Å². The molecule has 2 rings (SSSR count). The third-order valence-corrected chi connectivity index (χ3v) is 4.23. The zero-order valence-corrected chi connectivity index (χ0v) is 12.4. The largest absolute Gasteiger partial charge is 0.481 e. The van der Waals surface area contributed by atoms with E-state index in [2.05, 4.69) is 15.9 Å². The summed E-state index contributed by atoms with van der Waals surface area (Å²) in [4.78, 5) is 24.6. The lowest BCUT2D eigenvalue weighted by atomic mass is 10.1. The van der Waals surface area contributed by atoms with Crippen LogP contribution in [0.2, 0.25) is 0 Å². The zero-order valence-electron chi connectivity index (χ0n) is 10.8. The maximum absolute atomic E-state index is 13.2.